The Morgan fingerprint density at radius 3 is 2.78 bits per heavy atom. The Hall–Kier alpha value is -1.94. The summed E-state index contributed by atoms with van der Waals surface area (Å²) in [5.74, 6) is 0.813. The number of nitrogens with zero attached hydrogens (tertiary/aromatic N) is 2. The van der Waals surface area contributed by atoms with Crippen molar-refractivity contribution in [2.75, 3.05) is 13.2 Å². The molecule has 1 saturated carbocycles. The average molecular weight is 312 g/mol. The fourth-order valence-electron chi connectivity index (χ4n) is 2.99. The van der Waals surface area contributed by atoms with Crippen LogP contribution in [0.3, 0.4) is 0 Å². The molecule has 1 fully saturated rings. The van der Waals surface area contributed by atoms with Gasteiger partial charge in [-0.15, -0.1) is 0 Å². The fraction of sp³-hybridized carbons (Fsp3) is 0.474. The Morgan fingerprint density at radius 1 is 1.30 bits per heavy atom. The number of aromatic nitrogens is 2. The molecule has 0 unspecified atom stereocenters. The molecule has 0 amide bonds. The van der Waals surface area contributed by atoms with Gasteiger partial charge in [-0.1, -0.05) is 49.6 Å². The SMILES string of the molecule is C[C@H](c1ccccc1)n1nccc1C(=O)COCCC1CCC1. The molecule has 1 aliphatic carbocycles. The van der Waals surface area contributed by atoms with Crippen molar-refractivity contribution in [1.29, 1.82) is 0 Å². The summed E-state index contributed by atoms with van der Waals surface area (Å²) in [5.41, 5.74) is 1.75. The van der Waals surface area contributed by atoms with E-state index in [2.05, 4.69) is 24.2 Å². The minimum atomic E-state index is -0.00103. The van der Waals surface area contributed by atoms with Crippen LogP contribution in [0.1, 0.15) is 54.7 Å². The molecule has 0 N–H and O–H groups in total. The summed E-state index contributed by atoms with van der Waals surface area (Å²) in [5, 5.41) is 4.33. The molecular weight excluding hydrogens is 288 g/mol. The summed E-state index contributed by atoms with van der Waals surface area (Å²) >= 11 is 0. The van der Waals surface area contributed by atoms with Crippen LogP contribution in [0.25, 0.3) is 0 Å². The van der Waals surface area contributed by atoms with E-state index in [0.717, 1.165) is 17.9 Å². The highest BCUT2D eigenvalue weighted by molar-refractivity contribution is 5.95. The Balaban J connectivity index is 1.57. The van der Waals surface area contributed by atoms with Gasteiger partial charge < -0.3 is 4.74 Å². The molecule has 0 bridgehead atoms. The van der Waals surface area contributed by atoms with Crippen LogP contribution in [0.15, 0.2) is 42.6 Å². The Morgan fingerprint density at radius 2 is 2.09 bits per heavy atom. The molecule has 3 rings (SSSR count). The highest BCUT2D eigenvalue weighted by Gasteiger charge is 2.19. The van der Waals surface area contributed by atoms with Gasteiger partial charge in [0.2, 0.25) is 5.78 Å². The van der Waals surface area contributed by atoms with Crippen LogP contribution < -0.4 is 0 Å². The van der Waals surface area contributed by atoms with Gasteiger partial charge in [-0.05, 0) is 30.9 Å². The van der Waals surface area contributed by atoms with Gasteiger partial charge >= 0.3 is 0 Å². The minimum Gasteiger partial charge on any atom is -0.373 e. The van der Waals surface area contributed by atoms with Crippen molar-refractivity contribution in [3.8, 4) is 0 Å². The van der Waals surface area contributed by atoms with E-state index in [1.54, 1.807) is 16.9 Å². The number of hydrogen-bond donors (Lipinski definition) is 0. The van der Waals surface area contributed by atoms with Crippen molar-refractivity contribution in [2.24, 2.45) is 5.92 Å². The molecule has 122 valence electrons. The largest absolute Gasteiger partial charge is 0.373 e. The third kappa shape index (κ3) is 3.88. The predicted molar refractivity (Wildman–Crippen MR) is 89.6 cm³/mol. The molecule has 1 atom stereocenters. The number of benzene rings is 1. The highest BCUT2D eigenvalue weighted by Crippen LogP contribution is 2.29. The molecular formula is C19H24N2O2. The van der Waals surface area contributed by atoms with E-state index < -0.39 is 0 Å². The number of hydrogen-bond acceptors (Lipinski definition) is 3. The summed E-state index contributed by atoms with van der Waals surface area (Å²) in [6, 6.07) is 11.9. The van der Waals surface area contributed by atoms with E-state index in [-0.39, 0.29) is 18.4 Å². The molecule has 0 saturated heterocycles. The van der Waals surface area contributed by atoms with E-state index in [1.807, 2.05) is 18.2 Å². The minimum absolute atomic E-state index is 0.00103. The molecule has 1 heterocycles. The lowest BCUT2D eigenvalue weighted by molar-refractivity contribution is 0.0694. The number of carbonyl (C=O) groups excluding carboxylic acids is 1. The Labute approximate surface area is 137 Å². The summed E-state index contributed by atoms with van der Waals surface area (Å²) in [6.45, 7) is 2.87. The molecule has 0 radical (unpaired) electrons. The number of rotatable bonds is 8. The zero-order valence-electron chi connectivity index (χ0n) is 13.6. The van der Waals surface area contributed by atoms with Crippen molar-refractivity contribution >= 4 is 5.78 Å². The maximum absolute atomic E-state index is 12.4. The van der Waals surface area contributed by atoms with E-state index in [1.165, 1.54) is 19.3 Å². The fourth-order valence-corrected chi connectivity index (χ4v) is 2.99. The van der Waals surface area contributed by atoms with Gasteiger partial charge in [0.05, 0.1) is 6.04 Å². The third-order valence-corrected chi connectivity index (χ3v) is 4.73. The summed E-state index contributed by atoms with van der Waals surface area (Å²) in [4.78, 5) is 12.4. The van der Waals surface area contributed by atoms with Crippen LogP contribution in [0.4, 0.5) is 0 Å². The first-order valence-corrected chi connectivity index (χ1v) is 8.45. The second kappa shape index (κ2) is 7.55. The van der Waals surface area contributed by atoms with Crippen LogP contribution in [0.2, 0.25) is 0 Å². The van der Waals surface area contributed by atoms with Crippen LogP contribution >= 0.6 is 0 Å². The van der Waals surface area contributed by atoms with Gasteiger partial charge in [-0.3, -0.25) is 9.48 Å². The molecule has 1 aliphatic rings. The van der Waals surface area contributed by atoms with Crippen LogP contribution in [0.5, 0.6) is 0 Å². The Kier molecular flexibility index (Phi) is 5.23. The summed E-state index contributed by atoms with van der Waals surface area (Å²) in [7, 11) is 0. The normalized spacial score (nSPS) is 16.0. The van der Waals surface area contributed by atoms with Gasteiger partial charge in [0, 0.05) is 12.8 Å². The van der Waals surface area contributed by atoms with Crippen molar-refractivity contribution in [3.63, 3.8) is 0 Å². The van der Waals surface area contributed by atoms with E-state index in [0.29, 0.717) is 12.3 Å². The zero-order valence-corrected chi connectivity index (χ0v) is 13.6. The zero-order chi connectivity index (χ0) is 16.1. The standard InChI is InChI=1S/C19H24N2O2/c1-15(17-8-3-2-4-9-17)21-18(10-12-20-21)19(22)14-23-13-11-16-6-5-7-16/h2-4,8-10,12,15-16H,5-7,11,13-14H2,1H3/t15-/m1/s1. The average Bonchev–Trinajstić information content (AvgIpc) is 3.02. The lowest BCUT2D eigenvalue weighted by Crippen LogP contribution is -2.20. The van der Waals surface area contributed by atoms with E-state index in [4.69, 9.17) is 4.74 Å². The van der Waals surface area contributed by atoms with E-state index >= 15 is 0 Å². The summed E-state index contributed by atoms with van der Waals surface area (Å²) in [6.07, 6.45) is 6.74. The Bertz CT molecular complexity index is 632. The molecule has 1 aromatic carbocycles. The maximum Gasteiger partial charge on any atom is 0.206 e. The lowest BCUT2D eigenvalue weighted by atomic mass is 9.83. The second-order valence-electron chi connectivity index (χ2n) is 6.31. The van der Waals surface area contributed by atoms with Crippen molar-refractivity contribution in [3.05, 3.63) is 53.9 Å². The van der Waals surface area contributed by atoms with Gasteiger partial charge in [0.15, 0.2) is 0 Å². The van der Waals surface area contributed by atoms with Gasteiger partial charge in [0.1, 0.15) is 12.3 Å². The predicted octanol–water partition coefficient (Wildman–Crippen LogP) is 3.88. The molecule has 1 aromatic heterocycles. The number of ketones is 1. The van der Waals surface area contributed by atoms with Gasteiger partial charge in [0.25, 0.3) is 0 Å². The topological polar surface area (TPSA) is 44.1 Å². The van der Waals surface area contributed by atoms with Gasteiger partial charge in [-0.25, -0.2) is 0 Å². The van der Waals surface area contributed by atoms with Crippen LogP contribution in [0, 0.1) is 5.92 Å². The smallest absolute Gasteiger partial charge is 0.206 e. The quantitative estimate of drug-likeness (QED) is 0.549. The van der Waals surface area contributed by atoms with E-state index in [9.17, 15) is 4.79 Å². The second-order valence-corrected chi connectivity index (χ2v) is 6.31. The maximum atomic E-state index is 12.4. The third-order valence-electron chi connectivity index (χ3n) is 4.73. The first-order chi connectivity index (χ1) is 11.3. The molecule has 4 heteroatoms. The monoisotopic (exact) mass is 312 g/mol. The number of ether oxygens (including phenoxy) is 1. The first kappa shape index (κ1) is 15.9. The van der Waals surface area contributed by atoms with Crippen LogP contribution in [-0.2, 0) is 4.74 Å². The first-order valence-electron chi connectivity index (χ1n) is 8.45. The number of Topliss-reactive ketones (excluding diaryl/α,β-unsaturated/α-hetero) is 1. The van der Waals surface area contributed by atoms with Crippen LogP contribution in [-0.4, -0.2) is 28.8 Å². The van der Waals surface area contributed by atoms with Gasteiger partial charge in [-0.2, -0.15) is 5.10 Å². The molecule has 4 nitrogen and oxygen atoms in total. The van der Waals surface area contributed by atoms with Crippen molar-refractivity contribution in [1.82, 2.24) is 9.78 Å². The molecule has 0 spiro atoms. The molecule has 2 aromatic rings. The molecule has 0 aliphatic heterocycles. The molecule has 23 heavy (non-hydrogen) atoms. The summed E-state index contributed by atoms with van der Waals surface area (Å²) < 4.78 is 7.36. The number of carbonyl (C=O) groups is 1. The van der Waals surface area contributed by atoms with Crippen molar-refractivity contribution < 1.29 is 9.53 Å². The highest BCUT2D eigenvalue weighted by atomic mass is 16.5. The van der Waals surface area contributed by atoms with Crippen molar-refractivity contribution in [2.45, 2.75) is 38.6 Å². The lowest BCUT2D eigenvalue weighted by Gasteiger charge is -2.24.